The van der Waals surface area contributed by atoms with Crippen LogP contribution in [0.2, 0.25) is 0 Å². The second-order valence-corrected chi connectivity index (χ2v) is 7.43. The zero-order valence-electron chi connectivity index (χ0n) is 10.8. The van der Waals surface area contributed by atoms with Crippen LogP contribution in [-0.2, 0) is 14.8 Å². The van der Waals surface area contributed by atoms with Crippen LogP contribution in [-0.4, -0.2) is 26.1 Å². The molecule has 2 rings (SSSR count). The van der Waals surface area contributed by atoms with Gasteiger partial charge in [-0.1, -0.05) is 0 Å². The van der Waals surface area contributed by atoms with Crippen molar-refractivity contribution >= 4 is 33.4 Å². The fourth-order valence-corrected chi connectivity index (χ4v) is 3.96. The number of amides is 1. The molecule has 7 heteroatoms. The van der Waals surface area contributed by atoms with Crippen molar-refractivity contribution in [2.45, 2.75) is 36.1 Å². The molecule has 0 unspecified atom stereocenters. The van der Waals surface area contributed by atoms with Gasteiger partial charge in [0.15, 0.2) is 0 Å². The summed E-state index contributed by atoms with van der Waals surface area (Å²) in [6, 6.07) is 4.64. The third-order valence-electron chi connectivity index (χ3n) is 2.51. The Kier molecular flexibility index (Phi) is 4.17. The molecule has 0 saturated heterocycles. The van der Waals surface area contributed by atoms with Crippen LogP contribution in [0.4, 0.5) is 5.69 Å². The van der Waals surface area contributed by atoms with E-state index in [1.807, 2.05) is 0 Å². The third-order valence-corrected chi connectivity index (χ3v) is 5.24. The van der Waals surface area contributed by atoms with Gasteiger partial charge < -0.3 is 5.32 Å². The van der Waals surface area contributed by atoms with E-state index in [2.05, 4.69) is 10.0 Å². The molecule has 5 nitrogen and oxygen atoms in total. The number of nitrogens with one attached hydrogen (secondary N) is 2. The molecular weight excluding hydrogens is 284 g/mol. The van der Waals surface area contributed by atoms with Crippen molar-refractivity contribution in [3.05, 3.63) is 18.2 Å². The number of carbonyl (C=O) groups excluding carboxylic acids is 1. The van der Waals surface area contributed by atoms with Crippen molar-refractivity contribution in [3.63, 3.8) is 0 Å². The molecule has 1 aromatic carbocycles. The normalized spacial score (nSPS) is 15.8. The number of hydrogen-bond acceptors (Lipinski definition) is 4. The predicted octanol–water partition coefficient (Wildman–Crippen LogP) is 1.81. The first-order valence-corrected chi connectivity index (χ1v) is 8.44. The van der Waals surface area contributed by atoms with Crippen LogP contribution in [0.3, 0.4) is 0 Å². The van der Waals surface area contributed by atoms with Gasteiger partial charge in [0, 0.05) is 23.1 Å². The first kappa shape index (κ1) is 14.4. The molecule has 0 aliphatic carbocycles. The quantitative estimate of drug-likeness (QED) is 0.892. The summed E-state index contributed by atoms with van der Waals surface area (Å²) in [4.78, 5) is 12.6. The fraction of sp³-hybridized carbons (Fsp3) is 0.417. The lowest BCUT2D eigenvalue weighted by Gasteiger charge is -2.12. The molecule has 0 aromatic heterocycles. The lowest BCUT2D eigenvalue weighted by atomic mass is 10.3. The van der Waals surface area contributed by atoms with E-state index in [-0.39, 0.29) is 16.8 Å². The molecule has 0 atom stereocenters. The Labute approximate surface area is 117 Å². The number of benzene rings is 1. The number of hydrogen-bond donors (Lipinski definition) is 2. The first-order valence-electron chi connectivity index (χ1n) is 5.97. The smallest absolute Gasteiger partial charge is 0.240 e. The summed E-state index contributed by atoms with van der Waals surface area (Å²) in [7, 11) is -3.53. The number of rotatable bonds is 3. The van der Waals surface area contributed by atoms with Gasteiger partial charge in [0.2, 0.25) is 15.9 Å². The molecule has 0 saturated carbocycles. The van der Waals surface area contributed by atoms with Gasteiger partial charge in [-0.2, -0.15) is 0 Å². The highest BCUT2D eigenvalue weighted by Gasteiger charge is 2.19. The van der Waals surface area contributed by atoms with Gasteiger partial charge in [-0.15, -0.1) is 11.8 Å². The largest absolute Gasteiger partial charge is 0.325 e. The maximum absolute atomic E-state index is 12.1. The van der Waals surface area contributed by atoms with Crippen LogP contribution in [0, 0.1) is 0 Å². The maximum atomic E-state index is 12.1. The fourth-order valence-electron chi connectivity index (χ4n) is 1.74. The number of fused-ring (bicyclic) bond motifs is 1. The highest BCUT2D eigenvalue weighted by Crippen LogP contribution is 2.32. The van der Waals surface area contributed by atoms with Crippen LogP contribution in [0.5, 0.6) is 0 Å². The van der Waals surface area contributed by atoms with Crippen LogP contribution in [0.25, 0.3) is 0 Å². The van der Waals surface area contributed by atoms with Crippen LogP contribution in [0.1, 0.15) is 20.3 Å². The average Bonchev–Trinajstić information content (AvgIpc) is 2.46. The molecule has 104 valence electrons. The molecule has 1 aliphatic rings. The Morgan fingerprint density at radius 1 is 1.37 bits per heavy atom. The molecule has 0 bridgehead atoms. The topological polar surface area (TPSA) is 75.3 Å². The van der Waals surface area contributed by atoms with Gasteiger partial charge in [0.05, 0.1) is 10.6 Å². The number of anilines is 1. The Morgan fingerprint density at radius 2 is 2.11 bits per heavy atom. The van der Waals surface area contributed by atoms with Crippen LogP contribution in [0.15, 0.2) is 28.0 Å². The SMILES string of the molecule is CC(C)NS(=O)(=O)c1ccc2c(c1)NC(=O)CCS2. The van der Waals surface area contributed by atoms with E-state index >= 15 is 0 Å². The lowest BCUT2D eigenvalue weighted by Crippen LogP contribution is -2.30. The summed E-state index contributed by atoms with van der Waals surface area (Å²) < 4.78 is 26.7. The van der Waals surface area contributed by atoms with Gasteiger partial charge in [-0.05, 0) is 32.0 Å². The van der Waals surface area contributed by atoms with Gasteiger partial charge in [0.1, 0.15) is 0 Å². The van der Waals surface area contributed by atoms with Crippen molar-refractivity contribution in [3.8, 4) is 0 Å². The second kappa shape index (κ2) is 5.52. The van der Waals surface area contributed by atoms with Gasteiger partial charge >= 0.3 is 0 Å². The molecule has 1 aromatic rings. The summed E-state index contributed by atoms with van der Waals surface area (Å²) in [5.41, 5.74) is 0.569. The lowest BCUT2D eigenvalue weighted by molar-refractivity contribution is -0.115. The van der Waals surface area contributed by atoms with E-state index in [0.717, 1.165) is 4.90 Å². The standard InChI is InChI=1S/C12H16N2O3S2/c1-8(2)14-19(16,17)9-3-4-11-10(7-9)13-12(15)5-6-18-11/h3-4,7-8,14H,5-6H2,1-2H3,(H,13,15). The minimum Gasteiger partial charge on any atom is -0.325 e. The minimum absolute atomic E-state index is 0.0855. The molecule has 0 radical (unpaired) electrons. The van der Waals surface area contributed by atoms with Gasteiger partial charge in [0.25, 0.3) is 0 Å². The molecule has 1 aliphatic heterocycles. The summed E-state index contributed by atoms with van der Waals surface area (Å²) in [6.07, 6.45) is 0.436. The number of thioether (sulfide) groups is 1. The summed E-state index contributed by atoms with van der Waals surface area (Å²) in [5.74, 6) is 0.618. The molecule has 0 fully saturated rings. The van der Waals surface area contributed by atoms with Crippen molar-refractivity contribution in [1.82, 2.24) is 4.72 Å². The van der Waals surface area contributed by atoms with Gasteiger partial charge in [-0.3, -0.25) is 4.79 Å². The third kappa shape index (κ3) is 3.49. The van der Waals surface area contributed by atoms with Crippen molar-refractivity contribution in [1.29, 1.82) is 0 Å². The first-order chi connectivity index (χ1) is 8.88. The Bertz CT molecular complexity index is 597. The van der Waals surface area contributed by atoms with E-state index in [0.29, 0.717) is 17.9 Å². The monoisotopic (exact) mass is 300 g/mol. The minimum atomic E-state index is -3.53. The highest BCUT2D eigenvalue weighted by molar-refractivity contribution is 7.99. The molecular formula is C12H16N2O3S2. The number of sulfonamides is 1. The average molecular weight is 300 g/mol. The summed E-state index contributed by atoms with van der Waals surface area (Å²) in [5, 5.41) is 2.74. The van der Waals surface area contributed by atoms with E-state index < -0.39 is 10.0 Å². The predicted molar refractivity (Wildman–Crippen MR) is 75.9 cm³/mol. The summed E-state index contributed by atoms with van der Waals surface area (Å²) >= 11 is 1.55. The number of carbonyl (C=O) groups is 1. The molecule has 0 spiro atoms. The zero-order chi connectivity index (χ0) is 14.0. The zero-order valence-corrected chi connectivity index (χ0v) is 12.4. The van der Waals surface area contributed by atoms with E-state index in [4.69, 9.17) is 0 Å². The Hall–Kier alpha value is -1.05. The molecule has 1 heterocycles. The maximum Gasteiger partial charge on any atom is 0.240 e. The molecule has 19 heavy (non-hydrogen) atoms. The Balaban J connectivity index is 2.38. The molecule has 2 N–H and O–H groups in total. The highest BCUT2D eigenvalue weighted by atomic mass is 32.2. The van der Waals surface area contributed by atoms with Crippen molar-refractivity contribution in [2.75, 3.05) is 11.1 Å². The molecule has 1 amide bonds. The van der Waals surface area contributed by atoms with Gasteiger partial charge in [-0.25, -0.2) is 13.1 Å². The van der Waals surface area contributed by atoms with Crippen molar-refractivity contribution in [2.24, 2.45) is 0 Å². The summed E-state index contributed by atoms with van der Waals surface area (Å²) in [6.45, 7) is 3.53. The van der Waals surface area contributed by atoms with E-state index in [1.165, 1.54) is 6.07 Å². The van der Waals surface area contributed by atoms with Crippen LogP contribution >= 0.6 is 11.8 Å². The van der Waals surface area contributed by atoms with Crippen molar-refractivity contribution < 1.29 is 13.2 Å². The van der Waals surface area contributed by atoms with Crippen LogP contribution < -0.4 is 10.0 Å². The van der Waals surface area contributed by atoms with E-state index in [1.54, 1.807) is 37.7 Å². The Morgan fingerprint density at radius 3 is 2.79 bits per heavy atom. The second-order valence-electron chi connectivity index (χ2n) is 4.58. The van der Waals surface area contributed by atoms with E-state index in [9.17, 15) is 13.2 Å².